The first-order valence-electron chi connectivity index (χ1n) is 9.13. The molecule has 138 valence electrons. The SMILES string of the molecule is C[C@H]1C=CC2=C[C@@H](O)CC(NC=O)[C@@H]2[C@H]1CC[C@@H]1C[C@@H](O)CC(=O)O1. The Morgan fingerprint density at radius 2 is 2.12 bits per heavy atom. The first-order valence-corrected chi connectivity index (χ1v) is 9.13. The molecule has 1 amide bonds. The summed E-state index contributed by atoms with van der Waals surface area (Å²) < 4.78 is 5.37. The van der Waals surface area contributed by atoms with Gasteiger partial charge in [0.05, 0.1) is 18.6 Å². The summed E-state index contributed by atoms with van der Waals surface area (Å²) in [7, 11) is 0. The van der Waals surface area contributed by atoms with E-state index in [1.807, 2.05) is 6.08 Å². The van der Waals surface area contributed by atoms with E-state index in [4.69, 9.17) is 4.74 Å². The monoisotopic (exact) mass is 349 g/mol. The fraction of sp³-hybridized carbons (Fsp3) is 0.684. The Labute approximate surface area is 147 Å². The molecule has 6 nitrogen and oxygen atoms in total. The molecule has 3 aliphatic rings. The van der Waals surface area contributed by atoms with Gasteiger partial charge < -0.3 is 20.3 Å². The van der Waals surface area contributed by atoms with Crippen molar-refractivity contribution in [2.45, 2.75) is 63.4 Å². The maximum atomic E-state index is 11.5. The molecule has 6 heteroatoms. The number of allylic oxidation sites excluding steroid dienone is 2. The molecular formula is C19H27NO5. The van der Waals surface area contributed by atoms with Crippen LogP contribution in [-0.2, 0) is 14.3 Å². The minimum atomic E-state index is -0.611. The largest absolute Gasteiger partial charge is 0.462 e. The number of hydrogen-bond acceptors (Lipinski definition) is 5. The van der Waals surface area contributed by atoms with Crippen LogP contribution in [0.25, 0.3) is 0 Å². The summed E-state index contributed by atoms with van der Waals surface area (Å²) in [6, 6.07) is -0.0932. The summed E-state index contributed by atoms with van der Waals surface area (Å²) >= 11 is 0. The number of ether oxygens (including phenoxy) is 1. The van der Waals surface area contributed by atoms with Crippen molar-refractivity contribution >= 4 is 12.4 Å². The van der Waals surface area contributed by atoms with E-state index >= 15 is 0 Å². The lowest BCUT2D eigenvalue weighted by Gasteiger charge is -2.43. The molecular weight excluding hydrogens is 322 g/mol. The van der Waals surface area contributed by atoms with Crippen molar-refractivity contribution in [1.82, 2.24) is 5.32 Å². The highest BCUT2D eigenvalue weighted by molar-refractivity contribution is 5.70. The summed E-state index contributed by atoms with van der Waals surface area (Å²) in [5.74, 6) is 0.441. The number of fused-ring (bicyclic) bond motifs is 1. The van der Waals surface area contributed by atoms with Crippen molar-refractivity contribution in [2.75, 3.05) is 0 Å². The summed E-state index contributed by atoms with van der Waals surface area (Å²) in [5.41, 5.74) is 1.07. The molecule has 25 heavy (non-hydrogen) atoms. The average Bonchev–Trinajstić information content (AvgIpc) is 2.53. The second-order valence-corrected chi connectivity index (χ2v) is 7.55. The van der Waals surface area contributed by atoms with Gasteiger partial charge in [-0.05, 0) is 36.7 Å². The number of rotatable bonds is 5. The first kappa shape index (κ1) is 18.1. The van der Waals surface area contributed by atoms with Crippen LogP contribution in [0.5, 0.6) is 0 Å². The molecule has 0 radical (unpaired) electrons. The van der Waals surface area contributed by atoms with Crippen LogP contribution in [0.1, 0.15) is 39.0 Å². The average molecular weight is 349 g/mol. The molecule has 7 atom stereocenters. The molecule has 0 saturated carbocycles. The molecule has 0 bridgehead atoms. The molecule has 0 aromatic rings. The van der Waals surface area contributed by atoms with Gasteiger partial charge in [0.15, 0.2) is 0 Å². The highest BCUT2D eigenvalue weighted by atomic mass is 16.5. The minimum absolute atomic E-state index is 0.0811. The first-order chi connectivity index (χ1) is 12.0. The molecule has 0 spiro atoms. The smallest absolute Gasteiger partial charge is 0.308 e. The van der Waals surface area contributed by atoms with E-state index in [0.29, 0.717) is 37.5 Å². The second kappa shape index (κ2) is 7.70. The van der Waals surface area contributed by atoms with E-state index in [0.717, 1.165) is 12.0 Å². The van der Waals surface area contributed by atoms with E-state index in [9.17, 15) is 19.8 Å². The van der Waals surface area contributed by atoms with Gasteiger partial charge in [-0.15, -0.1) is 0 Å². The predicted octanol–water partition coefficient (Wildman–Crippen LogP) is 1.08. The Balaban J connectivity index is 1.72. The molecule has 0 aromatic carbocycles. The summed E-state index contributed by atoms with van der Waals surface area (Å²) in [5, 5.41) is 22.7. The number of amides is 1. The van der Waals surface area contributed by atoms with Crippen LogP contribution in [-0.4, -0.2) is 46.9 Å². The Kier molecular flexibility index (Phi) is 5.59. The molecule has 1 fully saturated rings. The lowest BCUT2D eigenvalue weighted by Crippen LogP contribution is -2.47. The molecule has 0 aromatic heterocycles. The van der Waals surface area contributed by atoms with Crippen LogP contribution in [0.2, 0.25) is 0 Å². The van der Waals surface area contributed by atoms with E-state index in [1.165, 1.54) is 0 Å². The van der Waals surface area contributed by atoms with Gasteiger partial charge in [-0.2, -0.15) is 0 Å². The number of nitrogens with one attached hydrogen (secondary N) is 1. The fourth-order valence-corrected chi connectivity index (χ4v) is 4.60. The van der Waals surface area contributed by atoms with Crippen molar-refractivity contribution < 1.29 is 24.5 Å². The van der Waals surface area contributed by atoms with E-state index in [2.05, 4.69) is 24.4 Å². The van der Waals surface area contributed by atoms with Gasteiger partial charge in [-0.1, -0.05) is 25.2 Å². The lowest BCUT2D eigenvalue weighted by molar-refractivity contribution is -0.160. The van der Waals surface area contributed by atoms with Gasteiger partial charge >= 0.3 is 5.97 Å². The third-order valence-electron chi connectivity index (χ3n) is 5.77. The molecule has 1 unspecified atom stereocenters. The van der Waals surface area contributed by atoms with Crippen molar-refractivity contribution in [1.29, 1.82) is 0 Å². The number of hydrogen-bond donors (Lipinski definition) is 3. The molecule has 1 saturated heterocycles. The molecule has 2 aliphatic carbocycles. The van der Waals surface area contributed by atoms with Crippen LogP contribution in [0.15, 0.2) is 23.8 Å². The number of cyclic esters (lactones) is 1. The van der Waals surface area contributed by atoms with Gasteiger partial charge in [0.2, 0.25) is 6.41 Å². The van der Waals surface area contributed by atoms with Crippen molar-refractivity contribution in [3.05, 3.63) is 23.8 Å². The molecule has 3 N–H and O–H groups in total. The number of aliphatic hydroxyl groups excluding tert-OH is 2. The third-order valence-corrected chi connectivity index (χ3v) is 5.77. The van der Waals surface area contributed by atoms with E-state index in [-0.39, 0.29) is 30.5 Å². The topological polar surface area (TPSA) is 95.9 Å². The number of carbonyl (C=O) groups is 2. The Morgan fingerprint density at radius 3 is 2.84 bits per heavy atom. The maximum absolute atomic E-state index is 11.5. The number of carbonyl (C=O) groups excluding carboxylic acids is 2. The normalized spacial score (nSPS) is 40.7. The fourth-order valence-electron chi connectivity index (χ4n) is 4.60. The molecule has 3 rings (SSSR count). The van der Waals surface area contributed by atoms with Gasteiger partial charge in [-0.25, -0.2) is 0 Å². The van der Waals surface area contributed by atoms with Crippen LogP contribution >= 0.6 is 0 Å². The minimum Gasteiger partial charge on any atom is -0.462 e. The highest BCUT2D eigenvalue weighted by Gasteiger charge is 2.40. The van der Waals surface area contributed by atoms with E-state index in [1.54, 1.807) is 0 Å². The third kappa shape index (κ3) is 4.12. The zero-order chi connectivity index (χ0) is 18.0. The summed E-state index contributed by atoms with van der Waals surface area (Å²) in [4.78, 5) is 22.5. The van der Waals surface area contributed by atoms with Crippen LogP contribution in [0, 0.1) is 17.8 Å². The summed E-state index contributed by atoms with van der Waals surface area (Å²) in [6.07, 6.45) is 8.02. The van der Waals surface area contributed by atoms with Crippen molar-refractivity contribution in [2.24, 2.45) is 17.8 Å². The van der Waals surface area contributed by atoms with E-state index < -0.39 is 12.2 Å². The van der Waals surface area contributed by atoms with Crippen molar-refractivity contribution in [3.8, 4) is 0 Å². The second-order valence-electron chi connectivity index (χ2n) is 7.55. The van der Waals surface area contributed by atoms with Gasteiger partial charge in [0, 0.05) is 18.4 Å². The van der Waals surface area contributed by atoms with Gasteiger partial charge in [0.25, 0.3) is 0 Å². The van der Waals surface area contributed by atoms with Gasteiger partial charge in [0.1, 0.15) is 6.10 Å². The zero-order valence-corrected chi connectivity index (χ0v) is 14.5. The number of aliphatic hydroxyl groups is 2. The predicted molar refractivity (Wildman–Crippen MR) is 91.3 cm³/mol. The standard InChI is InChI=1S/C19H27NO5/c1-11-2-3-12-6-13(22)8-17(20-10-21)19(12)16(11)5-4-15-7-14(23)9-18(24)25-15/h2-3,6,10-11,13-17,19,22-23H,4-5,7-9H2,1H3,(H,20,21)/t11-,13+,14+,15+,16-,17?,19-/m0/s1. The maximum Gasteiger partial charge on any atom is 0.308 e. The number of esters is 1. The Morgan fingerprint density at radius 1 is 1.32 bits per heavy atom. The van der Waals surface area contributed by atoms with Crippen LogP contribution in [0.3, 0.4) is 0 Å². The molecule has 1 heterocycles. The lowest BCUT2D eigenvalue weighted by atomic mass is 9.65. The highest BCUT2D eigenvalue weighted by Crippen LogP contribution is 2.42. The van der Waals surface area contributed by atoms with Crippen LogP contribution in [0.4, 0.5) is 0 Å². The Hall–Kier alpha value is -1.66. The quantitative estimate of drug-likeness (QED) is 0.510. The molecule has 1 aliphatic heterocycles. The van der Waals surface area contributed by atoms with Crippen molar-refractivity contribution in [3.63, 3.8) is 0 Å². The Bertz CT molecular complexity index is 572. The van der Waals surface area contributed by atoms with Gasteiger partial charge in [-0.3, -0.25) is 9.59 Å². The van der Waals surface area contributed by atoms with Crippen LogP contribution < -0.4 is 5.32 Å². The zero-order valence-electron chi connectivity index (χ0n) is 14.5. The summed E-state index contributed by atoms with van der Waals surface area (Å²) in [6.45, 7) is 2.16.